The lowest BCUT2D eigenvalue weighted by Gasteiger charge is -2.15. The molecule has 0 amide bonds. The van der Waals surface area contributed by atoms with Gasteiger partial charge in [0.1, 0.15) is 11.5 Å². The van der Waals surface area contributed by atoms with Gasteiger partial charge in [-0.1, -0.05) is 12.1 Å². The molecule has 1 aromatic heterocycles. The van der Waals surface area contributed by atoms with Gasteiger partial charge in [0.25, 0.3) is 5.70 Å². The minimum atomic E-state index is -0.692. The Kier molecular flexibility index (Phi) is 6.28. The van der Waals surface area contributed by atoms with Crippen molar-refractivity contribution >= 4 is 62.4 Å². The third kappa shape index (κ3) is 3.93. The van der Waals surface area contributed by atoms with Gasteiger partial charge >= 0.3 is 5.97 Å². The lowest BCUT2D eigenvalue weighted by atomic mass is 9.96. The van der Waals surface area contributed by atoms with Crippen LogP contribution in [0.2, 0.25) is 0 Å². The van der Waals surface area contributed by atoms with Gasteiger partial charge in [0.2, 0.25) is 6.20 Å². The van der Waals surface area contributed by atoms with Gasteiger partial charge in [-0.15, -0.1) is 0 Å². The van der Waals surface area contributed by atoms with Gasteiger partial charge in [0.15, 0.2) is 0 Å². The number of ether oxygens (including phenoxy) is 2. The van der Waals surface area contributed by atoms with Crippen LogP contribution in [0, 0.1) is 7.14 Å². The maximum absolute atomic E-state index is 13.2. The average molecular weight is 638 g/mol. The molecule has 0 unspecified atom stereocenters. The summed E-state index contributed by atoms with van der Waals surface area (Å²) in [5, 5.41) is 17.2. The molecule has 2 aromatic carbocycles. The lowest BCUT2D eigenvalue weighted by molar-refractivity contribution is -0.649. The van der Waals surface area contributed by atoms with E-state index in [0.29, 0.717) is 5.57 Å². The molecule has 3 aromatic rings. The van der Waals surface area contributed by atoms with Crippen molar-refractivity contribution in [3.63, 3.8) is 0 Å². The molecule has 0 saturated carbocycles. The van der Waals surface area contributed by atoms with Crippen LogP contribution in [0.1, 0.15) is 11.1 Å². The van der Waals surface area contributed by atoms with Crippen molar-refractivity contribution in [3.05, 3.63) is 90.7 Å². The molecule has 31 heavy (non-hydrogen) atoms. The van der Waals surface area contributed by atoms with E-state index < -0.39 is 11.9 Å². The van der Waals surface area contributed by atoms with Gasteiger partial charge in [-0.05, 0) is 115 Å². The number of carbonyl (C=O) groups excluding carboxylic acids is 1. The van der Waals surface area contributed by atoms with E-state index in [2.05, 4.69) is 50.3 Å². The molecule has 0 saturated heterocycles. The predicted molar refractivity (Wildman–Crippen MR) is 130 cm³/mol. The average Bonchev–Trinajstić information content (AvgIpc) is 3.09. The molecular formula is C23H16I2N2O4. The molecule has 8 heteroatoms. The van der Waals surface area contributed by atoms with Crippen molar-refractivity contribution in [1.29, 1.82) is 0 Å². The topological polar surface area (TPSA) is 75.4 Å². The molecule has 156 valence electrons. The van der Waals surface area contributed by atoms with Crippen molar-refractivity contribution in [3.8, 4) is 11.1 Å². The SMILES string of the molecule is COC(=O)C(=C1c2cc(I)ccc2-c2ccc(I)cc21)/C(=C(\[O-])OC)[n+]1ccccn1. The van der Waals surface area contributed by atoms with Crippen LogP contribution in [0.3, 0.4) is 0 Å². The van der Waals surface area contributed by atoms with E-state index in [4.69, 9.17) is 9.47 Å². The van der Waals surface area contributed by atoms with Crippen molar-refractivity contribution in [1.82, 2.24) is 5.10 Å². The third-order valence-electron chi connectivity index (χ3n) is 4.89. The molecule has 4 rings (SSSR count). The van der Waals surface area contributed by atoms with Crippen LogP contribution in [0.25, 0.3) is 22.4 Å². The normalized spacial score (nSPS) is 12.6. The second-order valence-electron chi connectivity index (χ2n) is 6.60. The zero-order chi connectivity index (χ0) is 22.1. The number of esters is 1. The van der Waals surface area contributed by atoms with Crippen molar-refractivity contribution in [2.45, 2.75) is 0 Å². The van der Waals surface area contributed by atoms with Crippen molar-refractivity contribution in [2.75, 3.05) is 14.2 Å². The summed E-state index contributed by atoms with van der Waals surface area (Å²) >= 11 is 4.47. The highest BCUT2D eigenvalue weighted by Crippen LogP contribution is 2.48. The van der Waals surface area contributed by atoms with Crippen LogP contribution < -0.4 is 9.79 Å². The summed E-state index contributed by atoms with van der Waals surface area (Å²) in [5.41, 5.74) is 4.37. The first-order valence-corrected chi connectivity index (χ1v) is 11.3. The Balaban J connectivity index is 2.18. The molecule has 0 N–H and O–H groups in total. The smallest absolute Gasteiger partial charge is 0.345 e. The molecule has 0 bridgehead atoms. The summed E-state index contributed by atoms with van der Waals surface area (Å²) in [4.78, 5) is 13.2. The predicted octanol–water partition coefficient (Wildman–Crippen LogP) is 3.37. The Bertz CT molecular complexity index is 1200. The molecule has 6 nitrogen and oxygen atoms in total. The van der Waals surface area contributed by atoms with Gasteiger partial charge in [-0.3, -0.25) is 0 Å². The van der Waals surface area contributed by atoms with Gasteiger partial charge in [-0.25, -0.2) is 4.79 Å². The molecule has 1 aliphatic carbocycles. The Morgan fingerprint density at radius 3 is 2.03 bits per heavy atom. The van der Waals surface area contributed by atoms with Crippen LogP contribution >= 0.6 is 45.2 Å². The Morgan fingerprint density at radius 1 is 0.935 bits per heavy atom. The van der Waals surface area contributed by atoms with E-state index in [-0.39, 0.29) is 11.3 Å². The number of hydrogen-bond donors (Lipinski definition) is 0. The van der Waals surface area contributed by atoms with E-state index in [1.54, 1.807) is 18.3 Å². The minimum Gasteiger partial charge on any atom is -0.612 e. The standard InChI is InChI=1S/C23H16I2N2O4/c1-30-22(28)20(21(23(29)31-2)27-10-4-3-9-26-27)19-17-11-13(24)5-7-15(17)16-8-6-14(25)12-18(16)19/h3-12H,1-2H3. The highest BCUT2D eigenvalue weighted by molar-refractivity contribution is 14.1. The first-order valence-electron chi connectivity index (χ1n) is 9.18. The van der Waals surface area contributed by atoms with Crippen LogP contribution in [0.4, 0.5) is 0 Å². The molecule has 0 spiro atoms. The van der Waals surface area contributed by atoms with Crippen LogP contribution in [0.15, 0.2) is 72.4 Å². The quantitative estimate of drug-likeness (QED) is 0.113. The number of aromatic nitrogens is 2. The Labute approximate surface area is 206 Å². The van der Waals surface area contributed by atoms with E-state index in [0.717, 1.165) is 29.4 Å². The largest absolute Gasteiger partial charge is 0.612 e. The Morgan fingerprint density at radius 2 is 1.55 bits per heavy atom. The molecule has 0 radical (unpaired) electrons. The zero-order valence-corrected chi connectivity index (χ0v) is 20.9. The number of methoxy groups -OCH3 is 2. The molecule has 0 aliphatic heterocycles. The van der Waals surface area contributed by atoms with Crippen LogP contribution in [0.5, 0.6) is 0 Å². The molecule has 0 fully saturated rings. The van der Waals surface area contributed by atoms with Gasteiger partial charge in [0.05, 0.1) is 13.3 Å². The molecular weight excluding hydrogens is 622 g/mol. The maximum atomic E-state index is 13.2. The molecule has 1 heterocycles. The summed E-state index contributed by atoms with van der Waals surface area (Å²) in [6, 6.07) is 15.5. The summed E-state index contributed by atoms with van der Waals surface area (Å²) in [7, 11) is 2.56. The number of fused-ring (bicyclic) bond motifs is 3. The van der Waals surface area contributed by atoms with E-state index in [1.165, 1.54) is 25.1 Å². The second kappa shape index (κ2) is 8.95. The summed E-state index contributed by atoms with van der Waals surface area (Å²) in [6.45, 7) is 0. The van der Waals surface area contributed by atoms with Gasteiger partial charge < -0.3 is 14.6 Å². The minimum absolute atomic E-state index is 0.0125. The second-order valence-corrected chi connectivity index (χ2v) is 9.10. The number of benzene rings is 2. The first-order chi connectivity index (χ1) is 15.0. The fraction of sp³-hybridized carbons (Fsp3) is 0.0870. The number of halogens is 2. The van der Waals surface area contributed by atoms with Crippen molar-refractivity contribution < 1.29 is 24.1 Å². The maximum Gasteiger partial charge on any atom is 0.345 e. The highest BCUT2D eigenvalue weighted by atomic mass is 127. The molecule has 0 atom stereocenters. The van der Waals surface area contributed by atoms with Gasteiger partial charge in [-0.2, -0.15) is 0 Å². The van der Waals surface area contributed by atoms with Crippen molar-refractivity contribution in [2.24, 2.45) is 0 Å². The molecule has 1 aliphatic rings. The number of rotatable bonds is 4. The summed E-state index contributed by atoms with van der Waals surface area (Å²) in [5.74, 6) is -1.34. The van der Waals surface area contributed by atoms with E-state index >= 15 is 0 Å². The first kappa shape index (κ1) is 21.8. The fourth-order valence-electron chi connectivity index (χ4n) is 3.62. The third-order valence-corrected chi connectivity index (χ3v) is 6.23. The number of carbonyl (C=O) groups is 1. The van der Waals surface area contributed by atoms with E-state index in [1.807, 2.05) is 36.4 Å². The lowest BCUT2D eigenvalue weighted by Crippen LogP contribution is -2.41. The summed E-state index contributed by atoms with van der Waals surface area (Å²) in [6.07, 6.45) is 3.13. The highest BCUT2D eigenvalue weighted by Gasteiger charge is 2.36. The van der Waals surface area contributed by atoms with E-state index in [9.17, 15) is 9.90 Å². The number of hydrogen-bond acceptors (Lipinski definition) is 5. The number of nitrogens with zero attached hydrogens (tertiary/aromatic N) is 2. The van der Waals surface area contributed by atoms with Gasteiger partial charge in [0, 0.05) is 18.8 Å². The Hall–Kier alpha value is -2.47. The summed E-state index contributed by atoms with van der Waals surface area (Å²) < 4.78 is 13.5. The zero-order valence-electron chi connectivity index (χ0n) is 16.6. The van der Waals surface area contributed by atoms with Crippen LogP contribution in [-0.4, -0.2) is 25.3 Å². The monoisotopic (exact) mass is 638 g/mol. The fourth-order valence-corrected chi connectivity index (χ4v) is 4.60. The van der Waals surface area contributed by atoms with Crippen LogP contribution in [-0.2, 0) is 14.3 Å².